The van der Waals surface area contributed by atoms with Gasteiger partial charge in [-0.15, -0.1) is 0 Å². The molecule has 3 rings (SSSR count). The Labute approximate surface area is 159 Å². The van der Waals surface area contributed by atoms with Crippen LogP contribution in [-0.4, -0.2) is 33.7 Å². The molecule has 0 atom stereocenters. The van der Waals surface area contributed by atoms with Crippen molar-refractivity contribution in [3.05, 3.63) is 73.7 Å². The summed E-state index contributed by atoms with van der Waals surface area (Å²) in [5, 5.41) is 12.3. The van der Waals surface area contributed by atoms with Crippen molar-refractivity contribution in [1.29, 1.82) is 0 Å². The summed E-state index contributed by atoms with van der Waals surface area (Å²) in [5.41, 5.74) is 1.38. The molecule has 1 aromatic heterocycles. The van der Waals surface area contributed by atoms with E-state index in [1.165, 1.54) is 4.57 Å². The molecule has 0 fully saturated rings. The first-order chi connectivity index (χ1) is 12.5. The molecular formula is C18H16ClN3O3S. The highest BCUT2D eigenvalue weighted by Gasteiger charge is 2.11. The molecule has 134 valence electrons. The van der Waals surface area contributed by atoms with Crippen LogP contribution in [0.2, 0.25) is 5.02 Å². The molecule has 0 radical (unpaired) electrons. The van der Waals surface area contributed by atoms with E-state index < -0.39 is 0 Å². The number of aromatic nitrogens is 2. The van der Waals surface area contributed by atoms with Gasteiger partial charge in [0.15, 0.2) is 4.77 Å². The van der Waals surface area contributed by atoms with Gasteiger partial charge in [0.25, 0.3) is 11.5 Å². The lowest BCUT2D eigenvalue weighted by Gasteiger charge is -2.10. The van der Waals surface area contributed by atoms with Gasteiger partial charge in [0.1, 0.15) is 0 Å². The minimum atomic E-state index is -0.333. The SMILES string of the molecule is O=C(NCCO)c1ccc2c(=O)n(Cc3ccccc3Cl)c(=S)[nH]c2c1. The number of nitrogens with one attached hydrogen (secondary N) is 2. The number of aliphatic hydroxyl groups excluding tert-OH is 1. The standard InChI is InChI=1S/C18H16ClN3O3S/c19-14-4-2-1-3-12(14)10-22-17(25)13-6-5-11(16(24)20-7-8-23)9-15(13)21-18(22)26/h1-6,9,23H,7-8,10H2,(H,20,24)(H,21,26). The van der Waals surface area contributed by atoms with Crippen LogP contribution in [0.15, 0.2) is 47.3 Å². The van der Waals surface area contributed by atoms with Crippen LogP contribution >= 0.6 is 23.8 Å². The highest BCUT2D eigenvalue weighted by molar-refractivity contribution is 7.71. The van der Waals surface area contributed by atoms with E-state index in [0.29, 0.717) is 21.5 Å². The molecule has 3 aromatic rings. The van der Waals surface area contributed by atoms with Gasteiger partial charge in [0, 0.05) is 17.1 Å². The Morgan fingerprint density at radius 2 is 2.04 bits per heavy atom. The Balaban J connectivity index is 2.03. The van der Waals surface area contributed by atoms with Crippen molar-refractivity contribution in [1.82, 2.24) is 14.9 Å². The average Bonchev–Trinajstić information content (AvgIpc) is 2.64. The Morgan fingerprint density at radius 1 is 1.27 bits per heavy atom. The second-order valence-corrected chi connectivity index (χ2v) is 6.45. The second kappa shape index (κ2) is 7.82. The molecule has 0 saturated heterocycles. The minimum Gasteiger partial charge on any atom is -0.395 e. The van der Waals surface area contributed by atoms with Crippen LogP contribution in [0, 0.1) is 4.77 Å². The summed E-state index contributed by atoms with van der Waals surface area (Å²) >= 11 is 11.5. The molecule has 0 aliphatic heterocycles. The lowest BCUT2D eigenvalue weighted by molar-refractivity contribution is 0.0945. The number of benzene rings is 2. The highest BCUT2D eigenvalue weighted by Crippen LogP contribution is 2.17. The van der Waals surface area contributed by atoms with Crippen molar-refractivity contribution in [2.24, 2.45) is 0 Å². The Bertz CT molecular complexity index is 1090. The lowest BCUT2D eigenvalue weighted by Crippen LogP contribution is -2.27. The summed E-state index contributed by atoms with van der Waals surface area (Å²) in [6.07, 6.45) is 0. The number of nitrogens with zero attached hydrogens (tertiary/aromatic N) is 1. The highest BCUT2D eigenvalue weighted by atomic mass is 35.5. The number of halogens is 1. The normalized spacial score (nSPS) is 10.8. The van der Waals surface area contributed by atoms with E-state index in [4.69, 9.17) is 28.9 Å². The molecule has 1 amide bonds. The van der Waals surface area contributed by atoms with Gasteiger partial charge in [-0.3, -0.25) is 14.2 Å². The first kappa shape index (κ1) is 18.3. The van der Waals surface area contributed by atoms with E-state index in [1.807, 2.05) is 18.2 Å². The molecule has 2 aromatic carbocycles. The van der Waals surface area contributed by atoms with E-state index in [1.54, 1.807) is 24.3 Å². The third kappa shape index (κ3) is 3.70. The summed E-state index contributed by atoms with van der Waals surface area (Å²) < 4.78 is 1.68. The van der Waals surface area contributed by atoms with Gasteiger partial charge >= 0.3 is 0 Å². The summed E-state index contributed by atoms with van der Waals surface area (Å²) in [4.78, 5) is 27.8. The molecule has 8 heteroatoms. The number of aromatic amines is 1. The van der Waals surface area contributed by atoms with Gasteiger partial charge in [-0.25, -0.2) is 0 Å². The van der Waals surface area contributed by atoms with Gasteiger partial charge < -0.3 is 15.4 Å². The number of H-pyrrole nitrogens is 1. The fraction of sp³-hybridized carbons (Fsp3) is 0.167. The van der Waals surface area contributed by atoms with Gasteiger partial charge in [-0.2, -0.15) is 0 Å². The van der Waals surface area contributed by atoms with Crippen molar-refractivity contribution in [3.63, 3.8) is 0 Å². The van der Waals surface area contributed by atoms with E-state index in [9.17, 15) is 9.59 Å². The quantitative estimate of drug-likeness (QED) is 0.585. The van der Waals surface area contributed by atoms with Crippen LogP contribution in [0.1, 0.15) is 15.9 Å². The zero-order valence-corrected chi connectivity index (χ0v) is 15.2. The number of carbonyl (C=O) groups is 1. The van der Waals surface area contributed by atoms with E-state index >= 15 is 0 Å². The summed E-state index contributed by atoms with van der Waals surface area (Å²) in [6.45, 7) is 0.267. The molecule has 0 spiro atoms. The number of hydrogen-bond acceptors (Lipinski definition) is 4. The summed E-state index contributed by atoms with van der Waals surface area (Å²) in [6, 6.07) is 12.0. The first-order valence-corrected chi connectivity index (χ1v) is 8.69. The first-order valence-electron chi connectivity index (χ1n) is 7.90. The maximum atomic E-state index is 12.8. The largest absolute Gasteiger partial charge is 0.395 e. The molecular weight excluding hydrogens is 374 g/mol. The monoisotopic (exact) mass is 389 g/mol. The number of amides is 1. The second-order valence-electron chi connectivity index (χ2n) is 5.65. The van der Waals surface area contributed by atoms with Gasteiger partial charge in [0.2, 0.25) is 0 Å². The fourth-order valence-electron chi connectivity index (χ4n) is 2.61. The van der Waals surface area contributed by atoms with Crippen LogP contribution in [0.5, 0.6) is 0 Å². The molecule has 0 unspecified atom stereocenters. The molecule has 0 aliphatic rings. The fourth-order valence-corrected chi connectivity index (χ4v) is 3.06. The van der Waals surface area contributed by atoms with Crippen molar-refractivity contribution in [2.75, 3.05) is 13.2 Å². The maximum Gasteiger partial charge on any atom is 0.262 e. The third-order valence-electron chi connectivity index (χ3n) is 3.93. The van der Waals surface area contributed by atoms with Crippen molar-refractivity contribution in [2.45, 2.75) is 6.54 Å². The van der Waals surface area contributed by atoms with Crippen molar-refractivity contribution in [3.8, 4) is 0 Å². The van der Waals surface area contributed by atoms with Gasteiger partial charge in [-0.1, -0.05) is 29.8 Å². The smallest absolute Gasteiger partial charge is 0.262 e. The molecule has 0 bridgehead atoms. The van der Waals surface area contributed by atoms with Crippen molar-refractivity contribution < 1.29 is 9.90 Å². The minimum absolute atomic E-state index is 0.144. The summed E-state index contributed by atoms with van der Waals surface area (Å²) in [7, 11) is 0. The molecule has 1 heterocycles. The Kier molecular flexibility index (Phi) is 5.51. The van der Waals surface area contributed by atoms with Crippen LogP contribution in [0.25, 0.3) is 10.9 Å². The third-order valence-corrected chi connectivity index (χ3v) is 4.62. The van der Waals surface area contributed by atoms with E-state index in [2.05, 4.69) is 10.3 Å². The van der Waals surface area contributed by atoms with Crippen LogP contribution in [-0.2, 0) is 6.54 Å². The van der Waals surface area contributed by atoms with Crippen LogP contribution < -0.4 is 10.9 Å². The predicted octanol–water partition coefficient (Wildman–Crippen LogP) is 2.48. The van der Waals surface area contributed by atoms with Crippen LogP contribution in [0.3, 0.4) is 0 Å². The molecule has 3 N–H and O–H groups in total. The maximum absolute atomic E-state index is 12.8. The lowest BCUT2D eigenvalue weighted by atomic mass is 10.1. The zero-order chi connectivity index (χ0) is 18.7. The average molecular weight is 390 g/mol. The van der Waals surface area contributed by atoms with Gasteiger partial charge in [-0.05, 0) is 42.0 Å². The zero-order valence-electron chi connectivity index (χ0n) is 13.7. The number of hydrogen-bond donors (Lipinski definition) is 3. The predicted molar refractivity (Wildman–Crippen MR) is 103 cm³/mol. The number of carbonyl (C=O) groups excluding carboxylic acids is 1. The number of aliphatic hydroxyl groups is 1. The molecule has 26 heavy (non-hydrogen) atoms. The number of fused-ring (bicyclic) bond motifs is 1. The topological polar surface area (TPSA) is 87.1 Å². The van der Waals surface area contributed by atoms with E-state index in [0.717, 1.165) is 5.56 Å². The van der Waals surface area contributed by atoms with Crippen molar-refractivity contribution >= 4 is 40.6 Å². The van der Waals surface area contributed by atoms with Crippen LogP contribution in [0.4, 0.5) is 0 Å². The van der Waals surface area contributed by atoms with Gasteiger partial charge in [0.05, 0.1) is 24.1 Å². The van der Waals surface area contributed by atoms with E-state index in [-0.39, 0.29) is 35.9 Å². The molecule has 0 saturated carbocycles. The summed E-state index contributed by atoms with van der Waals surface area (Å²) in [5.74, 6) is -0.333. The Hall–Kier alpha value is -2.48. The Morgan fingerprint density at radius 3 is 2.77 bits per heavy atom. The molecule has 6 nitrogen and oxygen atoms in total. The number of rotatable bonds is 5. The molecule has 0 aliphatic carbocycles.